The number of rotatable bonds is 0. The summed E-state index contributed by atoms with van der Waals surface area (Å²) >= 11 is 0. The van der Waals surface area contributed by atoms with Crippen LogP contribution in [0, 0.1) is 35.5 Å². The molecule has 2 nitrogen and oxygen atoms in total. The van der Waals surface area contributed by atoms with Gasteiger partial charge >= 0.3 is 0 Å². The number of ketones is 2. The molecule has 2 heteroatoms. The third kappa shape index (κ3) is 0.527. The van der Waals surface area contributed by atoms with E-state index in [2.05, 4.69) is 0 Å². The number of carbonyl (C=O) groups is 2. The van der Waals surface area contributed by atoms with Gasteiger partial charge < -0.3 is 0 Å². The first kappa shape index (κ1) is 6.74. The van der Waals surface area contributed by atoms with Gasteiger partial charge in [-0.2, -0.15) is 0 Å². The molecule has 0 aromatic heterocycles. The van der Waals surface area contributed by atoms with Crippen molar-refractivity contribution in [3.8, 4) is 0 Å². The second-order valence-electron chi connectivity index (χ2n) is 5.28. The maximum Gasteiger partial charge on any atom is 0.137 e. The Morgan fingerprint density at radius 3 is 1.69 bits per heavy atom. The molecule has 0 spiro atoms. The number of Topliss-reactive ketones (excluding diaryl/α,β-unsaturated/α-hetero) is 2. The summed E-state index contributed by atoms with van der Waals surface area (Å²) in [7, 11) is 0. The molecule has 4 saturated carbocycles. The standard InChI is InChI=1S/C11H12O2/c12-8-2-4-5-3-9(13)11-7(5)1-6(4)10(8)11/h4-7,10-11H,1-3H2/t4-,5+,6+,7-,10-,11-/m1/s1. The molecular weight excluding hydrogens is 164 g/mol. The molecule has 4 fully saturated rings. The van der Waals surface area contributed by atoms with E-state index in [1.54, 1.807) is 0 Å². The lowest BCUT2D eigenvalue weighted by Gasteiger charge is -2.22. The molecule has 13 heavy (non-hydrogen) atoms. The lowest BCUT2D eigenvalue weighted by atomic mass is 9.79. The molecule has 68 valence electrons. The van der Waals surface area contributed by atoms with Gasteiger partial charge in [-0.25, -0.2) is 0 Å². The molecule has 0 amide bonds. The molecule has 0 radical (unpaired) electrons. The van der Waals surface area contributed by atoms with Gasteiger partial charge in [0, 0.05) is 24.7 Å². The zero-order chi connectivity index (χ0) is 8.74. The van der Waals surface area contributed by atoms with Crippen molar-refractivity contribution >= 4 is 11.6 Å². The zero-order valence-electron chi connectivity index (χ0n) is 7.40. The van der Waals surface area contributed by atoms with E-state index >= 15 is 0 Å². The summed E-state index contributed by atoms with van der Waals surface area (Å²) in [5, 5.41) is 0. The first-order valence-corrected chi connectivity index (χ1v) is 5.33. The highest BCUT2D eigenvalue weighted by molar-refractivity contribution is 5.96. The largest absolute Gasteiger partial charge is 0.299 e. The molecule has 0 unspecified atom stereocenters. The van der Waals surface area contributed by atoms with Crippen LogP contribution in [0.25, 0.3) is 0 Å². The van der Waals surface area contributed by atoms with E-state index in [4.69, 9.17) is 0 Å². The highest BCUT2D eigenvalue weighted by atomic mass is 16.1. The minimum absolute atomic E-state index is 0.182. The monoisotopic (exact) mass is 176 g/mol. The van der Waals surface area contributed by atoms with Gasteiger partial charge in [0.1, 0.15) is 11.6 Å². The zero-order valence-corrected chi connectivity index (χ0v) is 7.40. The second kappa shape index (κ2) is 1.75. The maximum absolute atomic E-state index is 11.7. The van der Waals surface area contributed by atoms with Crippen LogP contribution in [0.15, 0.2) is 0 Å². The molecule has 4 aliphatic rings. The van der Waals surface area contributed by atoms with Crippen LogP contribution in [0.1, 0.15) is 19.3 Å². The topological polar surface area (TPSA) is 34.1 Å². The molecule has 2 bridgehead atoms. The van der Waals surface area contributed by atoms with Crippen LogP contribution in [-0.2, 0) is 9.59 Å². The van der Waals surface area contributed by atoms with Crippen LogP contribution in [0.2, 0.25) is 0 Å². The summed E-state index contributed by atoms with van der Waals surface area (Å²) in [6.07, 6.45) is 2.81. The fourth-order valence-corrected chi connectivity index (χ4v) is 4.88. The van der Waals surface area contributed by atoms with E-state index in [0.717, 1.165) is 12.8 Å². The van der Waals surface area contributed by atoms with Gasteiger partial charge in [0.25, 0.3) is 0 Å². The summed E-state index contributed by atoms with van der Waals surface area (Å²) < 4.78 is 0. The number of hydrogen-bond acceptors (Lipinski definition) is 2. The summed E-state index contributed by atoms with van der Waals surface area (Å²) in [6, 6.07) is 0. The Hall–Kier alpha value is -0.660. The van der Waals surface area contributed by atoms with Crippen molar-refractivity contribution in [2.45, 2.75) is 19.3 Å². The SMILES string of the molecule is O=C1C[C@H]2[C@H]3CC(=O)[C@H]4[C@H]3C[C@H]2[C@H]14. The average molecular weight is 176 g/mol. The van der Waals surface area contributed by atoms with Crippen molar-refractivity contribution in [3.05, 3.63) is 0 Å². The van der Waals surface area contributed by atoms with Crippen molar-refractivity contribution in [2.24, 2.45) is 35.5 Å². The van der Waals surface area contributed by atoms with E-state index in [-0.39, 0.29) is 11.8 Å². The predicted octanol–water partition coefficient (Wildman–Crippen LogP) is 1.05. The van der Waals surface area contributed by atoms with Crippen LogP contribution < -0.4 is 0 Å². The van der Waals surface area contributed by atoms with Crippen molar-refractivity contribution in [1.29, 1.82) is 0 Å². The molecule has 6 atom stereocenters. The van der Waals surface area contributed by atoms with Gasteiger partial charge in [-0.3, -0.25) is 9.59 Å². The van der Waals surface area contributed by atoms with Crippen molar-refractivity contribution in [2.75, 3.05) is 0 Å². The van der Waals surface area contributed by atoms with Crippen molar-refractivity contribution < 1.29 is 9.59 Å². The Morgan fingerprint density at radius 2 is 1.23 bits per heavy atom. The third-order valence-corrected chi connectivity index (χ3v) is 5.12. The molecule has 0 aromatic rings. The summed E-state index contributed by atoms with van der Waals surface area (Å²) in [4.78, 5) is 23.4. The Labute approximate surface area is 76.7 Å². The van der Waals surface area contributed by atoms with E-state index in [1.165, 1.54) is 6.42 Å². The van der Waals surface area contributed by atoms with Gasteiger partial charge in [-0.1, -0.05) is 0 Å². The Balaban J connectivity index is 1.94. The molecule has 0 aromatic carbocycles. The lowest BCUT2D eigenvalue weighted by Crippen LogP contribution is -2.26. The Kier molecular flexibility index (Phi) is 0.907. The number of hydrogen-bond donors (Lipinski definition) is 0. The van der Waals surface area contributed by atoms with Crippen LogP contribution in [-0.4, -0.2) is 11.6 Å². The summed E-state index contributed by atoms with van der Waals surface area (Å²) in [6.45, 7) is 0. The van der Waals surface area contributed by atoms with E-state index in [9.17, 15) is 9.59 Å². The molecule has 4 aliphatic carbocycles. The van der Waals surface area contributed by atoms with E-state index in [1.807, 2.05) is 0 Å². The molecule has 4 rings (SSSR count). The van der Waals surface area contributed by atoms with Crippen molar-refractivity contribution in [3.63, 3.8) is 0 Å². The van der Waals surface area contributed by atoms with Gasteiger partial charge in [0.05, 0.1) is 0 Å². The Bertz CT molecular complexity index is 297. The predicted molar refractivity (Wildman–Crippen MR) is 44.8 cm³/mol. The second-order valence-corrected chi connectivity index (χ2v) is 5.28. The normalized spacial score (nSPS) is 61.2. The van der Waals surface area contributed by atoms with Gasteiger partial charge in [0.2, 0.25) is 0 Å². The van der Waals surface area contributed by atoms with Gasteiger partial charge in [0.15, 0.2) is 0 Å². The summed E-state index contributed by atoms with van der Waals surface area (Å²) in [5.41, 5.74) is 0. The smallest absolute Gasteiger partial charge is 0.137 e. The average Bonchev–Trinajstić information content (AvgIpc) is 2.67. The molecular formula is C11H12O2. The van der Waals surface area contributed by atoms with E-state index in [0.29, 0.717) is 35.2 Å². The van der Waals surface area contributed by atoms with Crippen LogP contribution >= 0.6 is 0 Å². The summed E-state index contributed by atoms with van der Waals surface area (Å²) in [5.74, 6) is 3.67. The molecule has 0 heterocycles. The Morgan fingerprint density at radius 1 is 0.769 bits per heavy atom. The lowest BCUT2D eigenvalue weighted by molar-refractivity contribution is -0.129. The first-order valence-electron chi connectivity index (χ1n) is 5.33. The fourth-order valence-electron chi connectivity index (χ4n) is 4.88. The fraction of sp³-hybridized carbons (Fsp3) is 0.818. The number of fused-ring (bicyclic) bond motifs is 2. The highest BCUT2D eigenvalue weighted by Gasteiger charge is 2.69. The third-order valence-electron chi connectivity index (χ3n) is 5.12. The molecule has 0 aliphatic heterocycles. The minimum Gasteiger partial charge on any atom is -0.299 e. The van der Waals surface area contributed by atoms with Crippen molar-refractivity contribution in [1.82, 2.24) is 0 Å². The van der Waals surface area contributed by atoms with Gasteiger partial charge in [-0.05, 0) is 30.1 Å². The van der Waals surface area contributed by atoms with Crippen LogP contribution in [0.4, 0.5) is 0 Å². The van der Waals surface area contributed by atoms with E-state index < -0.39 is 0 Å². The molecule has 0 N–H and O–H groups in total. The van der Waals surface area contributed by atoms with Crippen LogP contribution in [0.5, 0.6) is 0 Å². The quantitative estimate of drug-likeness (QED) is 0.552. The van der Waals surface area contributed by atoms with Crippen LogP contribution in [0.3, 0.4) is 0 Å². The number of carbonyl (C=O) groups excluding carboxylic acids is 2. The first-order chi connectivity index (χ1) is 6.27. The minimum atomic E-state index is 0.182. The molecule has 0 saturated heterocycles. The highest BCUT2D eigenvalue weighted by Crippen LogP contribution is 2.68. The van der Waals surface area contributed by atoms with Gasteiger partial charge in [-0.15, -0.1) is 0 Å². The maximum atomic E-state index is 11.7.